The van der Waals surface area contributed by atoms with Crippen molar-refractivity contribution in [3.05, 3.63) is 113 Å². The van der Waals surface area contributed by atoms with Crippen LogP contribution < -0.4 is 10.6 Å². The van der Waals surface area contributed by atoms with Crippen molar-refractivity contribution in [2.45, 2.75) is 59.2 Å². The summed E-state index contributed by atoms with van der Waals surface area (Å²) in [5.41, 5.74) is 4.06. The van der Waals surface area contributed by atoms with Gasteiger partial charge in [-0.1, -0.05) is 81.4 Å². The van der Waals surface area contributed by atoms with Crippen LogP contribution in [0.4, 0.5) is 10.1 Å². The number of carbonyl (C=O) groups is 2. The highest BCUT2D eigenvalue weighted by Crippen LogP contribution is 2.31. The van der Waals surface area contributed by atoms with E-state index in [9.17, 15) is 19.1 Å². The van der Waals surface area contributed by atoms with Gasteiger partial charge in [-0.25, -0.2) is 4.39 Å². The Labute approximate surface area is 248 Å². The molecule has 0 aliphatic heterocycles. The molecule has 3 N–H and O–H groups in total. The number of esters is 1. The first kappa shape index (κ1) is 32.3. The third-order valence-electron chi connectivity index (χ3n) is 6.76. The number of aliphatic hydroxyl groups excluding tert-OH is 1. The van der Waals surface area contributed by atoms with Crippen molar-refractivity contribution in [3.63, 3.8) is 0 Å². The van der Waals surface area contributed by atoms with E-state index >= 15 is 0 Å². The highest BCUT2D eigenvalue weighted by atomic mass is 19.1. The van der Waals surface area contributed by atoms with Crippen LogP contribution in [0.1, 0.15) is 58.1 Å². The number of amides is 1. The van der Waals surface area contributed by atoms with Gasteiger partial charge in [0.25, 0.3) is 5.91 Å². The summed E-state index contributed by atoms with van der Waals surface area (Å²) in [6.07, 6.45) is 2.18. The molecule has 0 saturated carbocycles. The first-order valence-corrected chi connectivity index (χ1v) is 14.4. The van der Waals surface area contributed by atoms with Crippen molar-refractivity contribution in [2.75, 3.05) is 11.9 Å². The minimum Gasteiger partial charge on any atom is -0.462 e. The molecule has 1 amide bonds. The summed E-state index contributed by atoms with van der Waals surface area (Å²) in [5, 5.41) is 17.2. The number of para-hydroxylation sites is 1. The zero-order chi connectivity index (χ0) is 30.5. The second-order valence-corrected chi connectivity index (χ2v) is 10.5. The Hall–Kier alpha value is -4.23. The quantitative estimate of drug-likeness (QED) is 0.0839. The van der Waals surface area contributed by atoms with E-state index in [0.29, 0.717) is 48.3 Å². The summed E-state index contributed by atoms with van der Waals surface area (Å²) in [5.74, 6) is -1.08. The highest BCUT2D eigenvalue weighted by molar-refractivity contribution is 6.18. The van der Waals surface area contributed by atoms with Gasteiger partial charge in [0.1, 0.15) is 11.9 Å². The maximum absolute atomic E-state index is 14.1. The first-order chi connectivity index (χ1) is 20.2. The molecule has 42 heavy (non-hydrogen) atoms. The fourth-order valence-electron chi connectivity index (χ4n) is 4.66. The van der Waals surface area contributed by atoms with E-state index in [1.54, 1.807) is 12.1 Å². The SMILES string of the molecule is CCC(CC(O)CCN/C(=C(C(=O)Nc1ccccc1)\C(=C\c1ccc(F)cc1)c1ccccc1)C(C)C)OC(C)=O. The third kappa shape index (κ3) is 10.00. The molecule has 0 heterocycles. The molecule has 0 aliphatic carbocycles. The molecule has 0 saturated heterocycles. The van der Waals surface area contributed by atoms with Gasteiger partial charge in [0.2, 0.25) is 0 Å². The van der Waals surface area contributed by atoms with Crippen molar-refractivity contribution in [1.82, 2.24) is 5.32 Å². The van der Waals surface area contributed by atoms with E-state index < -0.39 is 6.10 Å². The number of hydrogen-bond donors (Lipinski definition) is 3. The standard InChI is InChI=1S/C35H41FN2O4/c1-5-31(42-25(4)39)23-30(40)20-21-37-34(24(2)3)33(35(41)38-29-14-10-7-11-15-29)32(27-12-8-6-9-13-27)22-26-16-18-28(36)19-17-26/h6-19,22,24,30-31,37,40H,5,20-21,23H2,1-4H3,(H,38,41)/b32-22+,34-33+. The maximum Gasteiger partial charge on any atom is 0.302 e. The molecule has 2 atom stereocenters. The summed E-state index contributed by atoms with van der Waals surface area (Å²) in [6.45, 7) is 7.67. The van der Waals surface area contributed by atoms with Gasteiger partial charge in [0.15, 0.2) is 0 Å². The molecule has 3 aromatic rings. The fraction of sp³-hybridized carbons (Fsp3) is 0.314. The lowest BCUT2D eigenvalue weighted by atomic mass is 9.90. The molecule has 6 nitrogen and oxygen atoms in total. The Morgan fingerprint density at radius 2 is 1.57 bits per heavy atom. The lowest BCUT2D eigenvalue weighted by Gasteiger charge is -2.24. The summed E-state index contributed by atoms with van der Waals surface area (Å²) in [4.78, 5) is 25.5. The second kappa shape index (κ2) is 16.3. The van der Waals surface area contributed by atoms with Crippen LogP contribution in [0.5, 0.6) is 0 Å². The minimum absolute atomic E-state index is 0.0802. The van der Waals surface area contributed by atoms with Gasteiger partial charge >= 0.3 is 5.97 Å². The van der Waals surface area contributed by atoms with Crippen molar-refractivity contribution in [1.29, 1.82) is 0 Å². The van der Waals surface area contributed by atoms with Crippen LogP contribution in [0, 0.1) is 11.7 Å². The summed E-state index contributed by atoms with van der Waals surface area (Å²) in [7, 11) is 0. The molecule has 0 radical (unpaired) electrons. The minimum atomic E-state index is -0.694. The molecule has 3 rings (SSSR count). The van der Waals surface area contributed by atoms with Gasteiger partial charge in [0.05, 0.1) is 11.7 Å². The van der Waals surface area contributed by atoms with E-state index in [4.69, 9.17) is 4.74 Å². The van der Waals surface area contributed by atoms with Gasteiger partial charge in [-0.2, -0.15) is 0 Å². The van der Waals surface area contributed by atoms with E-state index in [2.05, 4.69) is 10.6 Å². The molecule has 0 aromatic heterocycles. The average Bonchev–Trinajstić information content (AvgIpc) is 2.97. The number of benzene rings is 3. The van der Waals surface area contributed by atoms with Crippen LogP contribution >= 0.6 is 0 Å². The lowest BCUT2D eigenvalue weighted by molar-refractivity contribution is -0.147. The van der Waals surface area contributed by atoms with Crippen LogP contribution in [0.15, 0.2) is 96.2 Å². The van der Waals surface area contributed by atoms with Crippen LogP contribution in [-0.4, -0.2) is 35.7 Å². The second-order valence-electron chi connectivity index (χ2n) is 10.5. The fourth-order valence-corrected chi connectivity index (χ4v) is 4.66. The zero-order valence-corrected chi connectivity index (χ0v) is 24.8. The van der Waals surface area contributed by atoms with Gasteiger partial charge in [-0.05, 0) is 65.8 Å². The Bertz CT molecular complexity index is 1350. The molecule has 3 aromatic carbocycles. The largest absolute Gasteiger partial charge is 0.462 e. The van der Waals surface area contributed by atoms with Gasteiger partial charge in [-0.3, -0.25) is 9.59 Å². The van der Waals surface area contributed by atoms with E-state index in [1.165, 1.54) is 19.1 Å². The lowest BCUT2D eigenvalue weighted by Crippen LogP contribution is -2.29. The molecule has 222 valence electrons. The molecule has 0 bridgehead atoms. The smallest absolute Gasteiger partial charge is 0.302 e. The van der Waals surface area contributed by atoms with Gasteiger partial charge in [0, 0.05) is 31.3 Å². The van der Waals surface area contributed by atoms with E-state index in [-0.39, 0.29) is 29.7 Å². The highest BCUT2D eigenvalue weighted by Gasteiger charge is 2.24. The number of ether oxygens (including phenoxy) is 1. The zero-order valence-electron chi connectivity index (χ0n) is 24.8. The third-order valence-corrected chi connectivity index (χ3v) is 6.76. The molecular weight excluding hydrogens is 531 g/mol. The maximum atomic E-state index is 14.1. The molecule has 0 spiro atoms. The van der Waals surface area contributed by atoms with E-state index in [1.807, 2.05) is 87.5 Å². The monoisotopic (exact) mass is 572 g/mol. The molecule has 0 aliphatic rings. The van der Waals surface area contributed by atoms with Crippen molar-refractivity contribution in [2.24, 2.45) is 5.92 Å². The summed E-state index contributed by atoms with van der Waals surface area (Å²) < 4.78 is 19.0. The Kier molecular flexibility index (Phi) is 12.5. The average molecular weight is 573 g/mol. The predicted octanol–water partition coefficient (Wildman–Crippen LogP) is 6.99. The van der Waals surface area contributed by atoms with E-state index in [0.717, 1.165) is 11.1 Å². The Balaban J connectivity index is 2.04. The Morgan fingerprint density at radius 3 is 2.14 bits per heavy atom. The number of anilines is 1. The Morgan fingerprint density at radius 1 is 0.952 bits per heavy atom. The number of nitrogens with one attached hydrogen (secondary N) is 2. The normalized spacial score (nSPS) is 13.6. The van der Waals surface area contributed by atoms with Crippen LogP contribution in [0.3, 0.4) is 0 Å². The van der Waals surface area contributed by atoms with Crippen LogP contribution in [0.2, 0.25) is 0 Å². The molecule has 2 unspecified atom stereocenters. The van der Waals surface area contributed by atoms with Crippen LogP contribution in [0.25, 0.3) is 11.6 Å². The topological polar surface area (TPSA) is 87.7 Å². The number of carbonyl (C=O) groups excluding carboxylic acids is 2. The summed E-state index contributed by atoms with van der Waals surface area (Å²) >= 11 is 0. The van der Waals surface area contributed by atoms with Crippen LogP contribution in [-0.2, 0) is 14.3 Å². The molecule has 7 heteroatoms. The number of allylic oxidation sites excluding steroid dienone is 1. The number of halogens is 1. The van der Waals surface area contributed by atoms with Gasteiger partial charge < -0.3 is 20.5 Å². The van der Waals surface area contributed by atoms with Crippen molar-refractivity contribution in [3.8, 4) is 0 Å². The van der Waals surface area contributed by atoms with Crippen molar-refractivity contribution < 1.29 is 23.8 Å². The molecule has 0 fully saturated rings. The van der Waals surface area contributed by atoms with Crippen molar-refractivity contribution >= 4 is 29.2 Å². The first-order valence-electron chi connectivity index (χ1n) is 14.4. The number of rotatable bonds is 14. The number of aliphatic hydroxyl groups is 1. The predicted molar refractivity (Wildman–Crippen MR) is 167 cm³/mol. The summed E-state index contributed by atoms with van der Waals surface area (Å²) in [6, 6.07) is 25.0. The number of hydrogen-bond acceptors (Lipinski definition) is 5. The molecular formula is C35H41FN2O4. The van der Waals surface area contributed by atoms with Gasteiger partial charge in [-0.15, -0.1) is 0 Å².